The summed E-state index contributed by atoms with van der Waals surface area (Å²) in [6.07, 6.45) is 2.35. The molecule has 0 unspecified atom stereocenters. The first-order chi connectivity index (χ1) is 19.3. The minimum atomic E-state index is -3.78. The van der Waals surface area contributed by atoms with Crippen molar-refractivity contribution in [1.82, 2.24) is 9.80 Å². The Kier molecular flexibility index (Phi) is 7.39. The van der Waals surface area contributed by atoms with Gasteiger partial charge in [-0.15, -0.1) is 11.3 Å². The summed E-state index contributed by atoms with van der Waals surface area (Å²) in [4.78, 5) is 32.2. The number of carbonyl (C=O) groups excluding carboxylic acids is 2. The number of para-hydroxylation sites is 1. The van der Waals surface area contributed by atoms with Crippen molar-refractivity contribution in [2.24, 2.45) is 0 Å². The van der Waals surface area contributed by atoms with Crippen LogP contribution >= 0.6 is 11.3 Å². The number of amides is 2. The number of ether oxygens (including phenoxy) is 1. The second-order valence-electron chi connectivity index (χ2n) is 10.4. The highest BCUT2D eigenvalue weighted by Crippen LogP contribution is 2.38. The SMILES string of the molecule is CN1CCc2c(sc(NC(=O)c3ccc(S(=O)(=O)N4CCCc5ccccc54)cc3)c2C(=O)N2CCOCC2)C1. The number of rotatable bonds is 5. The lowest BCUT2D eigenvalue weighted by Crippen LogP contribution is -2.41. The lowest BCUT2D eigenvalue weighted by Gasteiger charge is -2.30. The Morgan fingerprint density at radius 1 is 0.950 bits per heavy atom. The Hall–Kier alpha value is -3.25. The van der Waals surface area contributed by atoms with Crippen LogP contribution < -0.4 is 9.62 Å². The minimum Gasteiger partial charge on any atom is -0.378 e. The number of aryl methyl sites for hydroxylation is 1. The number of carbonyl (C=O) groups is 2. The molecule has 0 saturated carbocycles. The average molecular weight is 581 g/mol. The van der Waals surface area contributed by atoms with Crippen LogP contribution in [0.4, 0.5) is 10.7 Å². The van der Waals surface area contributed by atoms with E-state index >= 15 is 0 Å². The minimum absolute atomic E-state index is 0.0797. The van der Waals surface area contributed by atoms with Crippen LogP contribution in [0.15, 0.2) is 53.4 Å². The number of anilines is 2. The summed E-state index contributed by atoms with van der Waals surface area (Å²) in [5.41, 5.74) is 3.64. The van der Waals surface area contributed by atoms with Crippen molar-refractivity contribution >= 4 is 43.9 Å². The van der Waals surface area contributed by atoms with Gasteiger partial charge in [-0.3, -0.25) is 13.9 Å². The molecule has 9 nitrogen and oxygen atoms in total. The molecule has 2 aromatic carbocycles. The van der Waals surface area contributed by atoms with E-state index in [1.54, 1.807) is 4.90 Å². The lowest BCUT2D eigenvalue weighted by atomic mass is 10.0. The number of fused-ring (bicyclic) bond motifs is 2. The molecule has 4 heterocycles. The number of thiophene rings is 1. The fourth-order valence-corrected chi connectivity index (χ4v) is 8.46. The van der Waals surface area contributed by atoms with Crippen molar-refractivity contribution in [2.75, 3.05) is 56.1 Å². The number of sulfonamides is 1. The molecule has 0 atom stereocenters. The van der Waals surface area contributed by atoms with Crippen molar-refractivity contribution < 1.29 is 22.7 Å². The van der Waals surface area contributed by atoms with Crippen LogP contribution in [-0.2, 0) is 34.1 Å². The number of hydrogen-bond acceptors (Lipinski definition) is 7. The van der Waals surface area contributed by atoms with Gasteiger partial charge in [-0.2, -0.15) is 0 Å². The van der Waals surface area contributed by atoms with Crippen LogP contribution in [0.3, 0.4) is 0 Å². The second-order valence-corrected chi connectivity index (χ2v) is 13.4. The quantitative estimate of drug-likeness (QED) is 0.495. The van der Waals surface area contributed by atoms with Gasteiger partial charge in [0.05, 0.1) is 29.4 Å². The van der Waals surface area contributed by atoms with E-state index in [9.17, 15) is 18.0 Å². The van der Waals surface area contributed by atoms with Crippen LogP contribution in [-0.4, -0.2) is 76.5 Å². The third kappa shape index (κ3) is 5.03. The van der Waals surface area contributed by atoms with Crippen LogP contribution in [0.5, 0.6) is 0 Å². The van der Waals surface area contributed by atoms with Crippen molar-refractivity contribution in [3.63, 3.8) is 0 Å². The van der Waals surface area contributed by atoms with Crippen molar-refractivity contribution in [1.29, 1.82) is 0 Å². The summed E-state index contributed by atoms with van der Waals surface area (Å²) in [7, 11) is -1.73. The summed E-state index contributed by atoms with van der Waals surface area (Å²) in [6, 6.07) is 13.6. The first-order valence-electron chi connectivity index (χ1n) is 13.5. The topological polar surface area (TPSA) is 99.3 Å². The Morgan fingerprint density at radius 3 is 2.48 bits per heavy atom. The number of nitrogens with one attached hydrogen (secondary N) is 1. The molecule has 3 aliphatic heterocycles. The molecule has 1 saturated heterocycles. The Labute approximate surface area is 238 Å². The van der Waals surface area contributed by atoms with E-state index in [2.05, 4.69) is 10.2 Å². The Morgan fingerprint density at radius 2 is 1.70 bits per heavy atom. The van der Waals surface area contributed by atoms with Crippen LogP contribution in [0.1, 0.15) is 43.1 Å². The predicted octanol–water partition coefficient (Wildman–Crippen LogP) is 3.60. The zero-order valence-electron chi connectivity index (χ0n) is 22.4. The van der Waals surface area contributed by atoms with Crippen LogP contribution in [0.2, 0.25) is 0 Å². The number of likely N-dealkylation sites (N-methyl/N-ethyl adjacent to an activating group) is 1. The zero-order valence-corrected chi connectivity index (χ0v) is 24.0. The number of hydrogen-bond donors (Lipinski definition) is 1. The molecule has 3 aliphatic rings. The molecule has 0 spiro atoms. The largest absolute Gasteiger partial charge is 0.378 e. The average Bonchev–Trinajstić information content (AvgIpc) is 3.33. The third-order valence-electron chi connectivity index (χ3n) is 7.76. The molecule has 3 aromatic rings. The van der Waals surface area contributed by atoms with Gasteiger partial charge >= 0.3 is 0 Å². The maximum absolute atomic E-state index is 13.6. The zero-order chi connectivity index (χ0) is 27.9. The molecule has 2 amide bonds. The summed E-state index contributed by atoms with van der Waals surface area (Å²) >= 11 is 1.45. The number of morpholine rings is 1. The first kappa shape index (κ1) is 26.9. The molecule has 0 bridgehead atoms. The molecule has 0 radical (unpaired) electrons. The van der Waals surface area contributed by atoms with Crippen molar-refractivity contribution in [2.45, 2.75) is 30.7 Å². The van der Waals surface area contributed by atoms with Gasteiger partial charge in [0.1, 0.15) is 5.00 Å². The van der Waals surface area contributed by atoms with Crippen molar-refractivity contribution in [3.05, 3.63) is 75.7 Å². The highest BCUT2D eigenvalue weighted by molar-refractivity contribution is 7.92. The number of nitrogens with zero attached hydrogens (tertiary/aromatic N) is 3. The fourth-order valence-electron chi connectivity index (χ4n) is 5.60. The van der Waals surface area contributed by atoms with Gasteiger partial charge in [0.25, 0.3) is 21.8 Å². The van der Waals surface area contributed by atoms with E-state index in [1.807, 2.05) is 31.3 Å². The van der Waals surface area contributed by atoms with Gasteiger partial charge in [-0.1, -0.05) is 18.2 Å². The third-order valence-corrected chi connectivity index (χ3v) is 10.7. The standard InChI is InChI=1S/C29H32N4O5S2/c1-31-14-12-23-25(19-31)39-28(26(23)29(35)32-15-17-38-18-16-32)30-27(34)21-8-10-22(11-9-21)40(36,37)33-13-4-6-20-5-2-3-7-24(20)33/h2-3,5,7-11H,4,6,12-19H2,1H3,(H,30,34). The van der Waals surface area contributed by atoms with E-state index in [0.717, 1.165) is 48.4 Å². The number of benzene rings is 2. The molecule has 1 aromatic heterocycles. The van der Waals surface area contributed by atoms with E-state index in [4.69, 9.17) is 4.74 Å². The van der Waals surface area contributed by atoms with Gasteiger partial charge < -0.3 is 19.9 Å². The summed E-state index contributed by atoms with van der Waals surface area (Å²) in [6.45, 7) is 4.03. The fraction of sp³-hybridized carbons (Fsp3) is 0.379. The molecular formula is C29H32N4O5S2. The molecule has 1 N–H and O–H groups in total. The highest BCUT2D eigenvalue weighted by atomic mass is 32.2. The Bertz CT molecular complexity index is 1540. The van der Waals surface area contributed by atoms with E-state index in [0.29, 0.717) is 54.7 Å². The van der Waals surface area contributed by atoms with E-state index in [-0.39, 0.29) is 16.7 Å². The monoisotopic (exact) mass is 580 g/mol. The summed E-state index contributed by atoms with van der Waals surface area (Å²) < 4.78 is 33.9. The molecule has 6 rings (SSSR count). The van der Waals surface area contributed by atoms with Gasteiger partial charge in [-0.05, 0) is 67.8 Å². The maximum atomic E-state index is 13.6. The molecule has 0 aliphatic carbocycles. The van der Waals surface area contributed by atoms with Crippen LogP contribution in [0, 0.1) is 0 Å². The van der Waals surface area contributed by atoms with Crippen LogP contribution in [0.25, 0.3) is 0 Å². The second kappa shape index (κ2) is 11.0. The summed E-state index contributed by atoms with van der Waals surface area (Å²) in [5.74, 6) is -0.459. The normalized spacial score (nSPS) is 17.7. The van der Waals surface area contributed by atoms with E-state index < -0.39 is 10.0 Å². The lowest BCUT2D eigenvalue weighted by molar-refractivity contribution is 0.0303. The van der Waals surface area contributed by atoms with E-state index in [1.165, 1.54) is 39.9 Å². The van der Waals surface area contributed by atoms with Gasteiger partial charge in [0.15, 0.2) is 0 Å². The molecule has 1 fully saturated rings. The van der Waals surface area contributed by atoms with Crippen molar-refractivity contribution in [3.8, 4) is 0 Å². The summed E-state index contributed by atoms with van der Waals surface area (Å²) in [5, 5.41) is 3.52. The molecular weight excluding hydrogens is 548 g/mol. The highest BCUT2D eigenvalue weighted by Gasteiger charge is 2.32. The maximum Gasteiger partial charge on any atom is 0.264 e. The van der Waals surface area contributed by atoms with Gasteiger partial charge in [0.2, 0.25) is 0 Å². The first-order valence-corrected chi connectivity index (χ1v) is 15.8. The predicted molar refractivity (Wildman–Crippen MR) is 155 cm³/mol. The molecule has 11 heteroatoms. The van der Waals surface area contributed by atoms with Gasteiger partial charge in [0, 0.05) is 43.2 Å². The molecule has 210 valence electrons. The Balaban J connectivity index is 1.25. The van der Waals surface area contributed by atoms with Gasteiger partial charge in [-0.25, -0.2) is 8.42 Å². The molecule has 40 heavy (non-hydrogen) atoms. The smallest absolute Gasteiger partial charge is 0.264 e.